The molecule has 0 atom stereocenters. The Morgan fingerprint density at radius 2 is 1.82 bits per heavy atom. The SMILES string of the molecule is C=C.CCOC(=O)/C=C/C=C/C(=C/O)C(N)=O. The normalized spacial score (nSPS) is 11.0. The van der Waals surface area contributed by atoms with Gasteiger partial charge >= 0.3 is 5.97 Å². The van der Waals surface area contributed by atoms with Crippen LogP contribution in [0.5, 0.6) is 0 Å². The van der Waals surface area contributed by atoms with E-state index in [1.807, 2.05) is 0 Å². The topological polar surface area (TPSA) is 89.6 Å². The third kappa shape index (κ3) is 9.99. The van der Waals surface area contributed by atoms with Crippen molar-refractivity contribution in [1.82, 2.24) is 0 Å². The zero-order valence-corrected chi connectivity index (χ0v) is 9.76. The van der Waals surface area contributed by atoms with Crippen molar-refractivity contribution in [3.63, 3.8) is 0 Å². The molecule has 0 aromatic heterocycles. The summed E-state index contributed by atoms with van der Waals surface area (Å²) in [6.45, 7) is 8.00. The number of carbonyl (C=O) groups is 2. The van der Waals surface area contributed by atoms with Crippen LogP contribution >= 0.6 is 0 Å². The molecule has 0 aromatic rings. The van der Waals surface area contributed by atoms with E-state index in [2.05, 4.69) is 17.9 Å². The summed E-state index contributed by atoms with van der Waals surface area (Å²) in [6, 6.07) is 0. The average molecular weight is 239 g/mol. The van der Waals surface area contributed by atoms with Gasteiger partial charge in [0.05, 0.1) is 18.4 Å². The molecule has 0 bridgehead atoms. The summed E-state index contributed by atoms with van der Waals surface area (Å²) in [5.41, 5.74) is 4.85. The van der Waals surface area contributed by atoms with Gasteiger partial charge < -0.3 is 15.6 Å². The first-order chi connectivity index (χ1) is 8.11. The minimum atomic E-state index is -0.752. The third-order valence-electron chi connectivity index (χ3n) is 1.33. The molecule has 3 N–H and O–H groups in total. The van der Waals surface area contributed by atoms with Gasteiger partial charge in [0.25, 0.3) is 5.91 Å². The van der Waals surface area contributed by atoms with Gasteiger partial charge in [-0.15, -0.1) is 13.2 Å². The van der Waals surface area contributed by atoms with Crippen LogP contribution in [0.2, 0.25) is 0 Å². The number of ether oxygens (including phenoxy) is 1. The van der Waals surface area contributed by atoms with Crippen LogP contribution in [0.1, 0.15) is 6.92 Å². The van der Waals surface area contributed by atoms with E-state index in [9.17, 15) is 9.59 Å². The van der Waals surface area contributed by atoms with Crippen molar-refractivity contribution in [3.8, 4) is 0 Å². The Hall–Kier alpha value is -2.30. The Morgan fingerprint density at radius 3 is 2.24 bits per heavy atom. The molecule has 0 aliphatic heterocycles. The smallest absolute Gasteiger partial charge is 0.330 e. The average Bonchev–Trinajstić information content (AvgIpc) is 2.31. The summed E-state index contributed by atoms with van der Waals surface area (Å²) in [4.78, 5) is 21.4. The van der Waals surface area contributed by atoms with E-state index >= 15 is 0 Å². The molecule has 0 aliphatic carbocycles. The van der Waals surface area contributed by atoms with E-state index in [0.29, 0.717) is 12.9 Å². The lowest BCUT2D eigenvalue weighted by molar-refractivity contribution is -0.137. The van der Waals surface area contributed by atoms with Gasteiger partial charge in [-0.3, -0.25) is 4.79 Å². The highest BCUT2D eigenvalue weighted by atomic mass is 16.5. The van der Waals surface area contributed by atoms with Crippen LogP contribution in [0.15, 0.2) is 49.3 Å². The van der Waals surface area contributed by atoms with Crippen molar-refractivity contribution in [2.75, 3.05) is 6.61 Å². The summed E-state index contributed by atoms with van der Waals surface area (Å²) in [5.74, 6) is -1.23. The van der Waals surface area contributed by atoms with E-state index in [0.717, 1.165) is 0 Å². The van der Waals surface area contributed by atoms with Gasteiger partial charge in [0.15, 0.2) is 0 Å². The summed E-state index contributed by atoms with van der Waals surface area (Å²) in [6.07, 6.45) is 5.83. The zero-order valence-electron chi connectivity index (χ0n) is 9.76. The molecule has 94 valence electrons. The molecular formula is C12H17NO4. The largest absolute Gasteiger partial charge is 0.515 e. The first-order valence-electron chi connectivity index (χ1n) is 4.77. The first-order valence-corrected chi connectivity index (χ1v) is 4.77. The molecule has 17 heavy (non-hydrogen) atoms. The number of primary amides is 1. The van der Waals surface area contributed by atoms with Crippen molar-refractivity contribution in [2.45, 2.75) is 6.92 Å². The molecule has 0 spiro atoms. The molecule has 0 aromatic carbocycles. The number of carbonyl (C=O) groups excluding carboxylic acids is 2. The number of amides is 1. The highest BCUT2D eigenvalue weighted by Crippen LogP contribution is 1.94. The molecule has 0 radical (unpaired) electrons. The van der Waals surface area contributed by atoms with E-state index in [1.54, 1.807) is 6.92 Å². The third-order valence-corrected chi connectivity index (χ3v) is 1.33. The van der Waals surface area contributed by atoms with Crippen molar-refractivity contribution in [2.24, 2.45) is 5.73 Å². The quantitative estimate of drug-likeness (QED) is 0.249. The number of aliphatic hydroxyl groups excluding tert-OH is 1. The van der Waals surface area contributed by atoms with Gasteiger partial charge in [-0.25, -0.2) is 4.79 Å². The van der Waals surface area contributed by atoms with Crippen molar-refractivity contribution >= 4 is 11.9 Å². The Labute approximate surface area is 101 Å². The summed E-state index contributed by atoms with van der Waals surface area (Å²) < 4.78 is 4.61. The second-order valence-corrected chi connectivity index (χ2v) is 2.42. The summed E-state index contributed by atoms with van der Waals surface area (Å²) in [5, 5.41) is 8.56. The molecule has 5 heteroatoms. The number of hydrogen-bond acceptors (Lipinski definition) is 4. The highest BCUT2D eigenvalue weighted by Gasteiger charge is 1.97. The molecule has 0 unspecified atom stereocenters. The van der Waals surface area contributed by atoms with E-state index in [-0.39, 0.29) is 5.57 Å². The maximum atomic E-state index is 10.8. The number of esters is 1. The lowest BCUT2D eigenvalue weighted by Crippen LogP contribution is -2.12. The van der Waals surface area contributed by atoms with Crippen LogP contribution in [0.25, 0.3) is 0 Å². The van der Waals surface area contributed by atoms with Crippen LogP contribution in [0, 0.1) is 0 Å². The Kier molecular flexibility index (Phi) is 11.8. The lowest BCUT2D eigenvalue weighted by Gasteiger charge is -1.93. The fourth-order valence-corrected chi connectivity index (χ4v) is 0.673. The van der Waals surface area contributed by atoms with Gasteiger partial charge in [0, 0.05) is 6.08 Å². The fraction of sp³-hybridized carbons (Fsp3) is 0.167. The summed E-state index contributed by atoms with van der Waals surface area (Å²) in [7, 11) is 0. The highest BCUT2D eigenvalue weighted by molar-refractivity contribution is 5.94. The first kappa shape index (κ1) is 17.1. The van der Waals surface area contributed by atoms with E-state index < -0.39 is 11.9 Å². The number of nitrogens with two attached hydrogens (primary N) is 1. The number of allylic oxidation sites excluding steroid dienone is 2. The molecule has 0 rings (SSSR count). The Morgan fingerprint density at radius 1 is 1.29 bits per heavy atom. The van der Waals surface area contributed by atoms with Crippen molar-refractivity contribution < 1.29 is 19.4 Å². The maximum Gasteiger partial charge on any atom is 0.330 e. The minimum Gasteiger partial charge on any atom is -0.515 e. The molecule has 0 fully saturated rings. The van der Waals surface area contributed by atoms with Crippen LogP contribution < -0.4 is 5.73 Å². The monoisotopic (exact) mass is 239 g/mol. The van der Waals surface area contributed by atoms with Crippen molar-refractivity contribution in [3.05, 3.63) is 49.3 Å². The maximum absolute atomic E-state index is 10.8. The van der Waals surface area contributed by atoms with Gasteiger partial charge in [0.2, 0.25) is 0 Å². The second-order valence-electron chi connectivity index (χ2n) is 2.42. The zero-order chi connectivity index (χ0) is 13.7. The molecule has 0 aliphatic rings. The van der Waals surface area contributed by atoms with Crippen LogP contribution in [-0.2, 0) is 14.3 Å². The predicted molar refractivity (Wildman–Crippen MR) is 66.1 cm³/mol. The molecule has 0 saturated heterocycles. The molecule has 0 heterocycles. The van der Waals surface area contributed by atoms with Gasteiger partial charge in [-0.05, 0) is 13.0 Å². The molecule has 5 nitrogen and oxygen atoms in total. The lowest BCUT2D eigenvalue weighted by atomic mass is 10.2. The summed E-state index contributed by atoms with van der Waals surface area (Å²) >= 11 is 0. The van der Waals surface area contributed by atoms with Crippen LogP contribution in [-0.4, -0.2) is 23.6 Å². The van der Waals surface area contributed by atoms with E-state index in [4.69, 9.17) is 10.8 Å². The Balaban J connectivity index is 0. The standard InChI is InChI=1S/C10H13NO4.C2H4/c1-2-15-9(13)6-4-3-5-8(7-12)10(11)14;1-2/h3-7,12H,2H2,1H3,(H2,11,14);1-2H2/b5-3+,6-4+,8-7-;. The number of rotatable bonds is 5. The van der Waals surface area contributed by atoms with Crippen LogP contribution in [0.4, 0.5) is 0 Å². The molecule has 0 saturated carbocycles. The predicted octanol–water partition coefficient (Wildman–Crippen LogP) is 1.39. The van der Waals surface area contributed by atoms with Gasteiger partial charge in [-0.1, -0.05) is 12.2 Å². The number of hydrogen-bond donors (Lipinski definition) is 2. The second kappa shape index (κ2) is 11.8. The van der Waals surface area contributed by atoms with Crippen molar-refractivity contribution in [1.29, 1.82) is 0 Å². The van der Waals surface area contributed by atoms with Gasteiger partial charge in [0.1, 0.15) is 0 Å². The molecule has 1 amide bonds. The molecular weight excluding hydrogens is 222 g/mol. The minimum absolute atomic E-state index is 0.0523. The Bertz CT molecular complexity index is 329. The number of aliphatic hydroxyl groups is 1. The fourth-order valence-electron chi connectivity index (χ4n) is 0.673. The van der Waals surface area contributed by atoms with E-state index in [1.165, 1.54) is 24.3 Å². The van der Waals surface area contributed by atoms with Crippen LogP contribution in [0.3, 0.4) is 0 Å². The van der Waals surface area contributed by atoms with Gasteiger partial charge in [-0.2, -0.15) is 0 Å².